The van der Waals surface area contributed by atoms with Gasteiger partial charge in [0.05, 0.1) is 6.04 Å². The Labute approximate surface area is 167 Å². The minimum absolute atomic E-state index is 0.353. The Morgan fingerprint density at radius 2 is 1.72 bits per heavy atom. The first-order valence-corrected chi connectivity index (χ1v) is 9.51. The van der Waals surface area contributed by atoms with Gasteiger partial charge in [-0.15, -0.1) is 0 Å². The van der Waals surface area contributed by atoms with Crippen LogP contribution in [-0.4, -0.2) is 21.8 Å². The second kappa shape index (κ2) is 6.63. The molecule has 1 aromatic heterocycles. The predicted octanol–water partition coefficient (Wildman–Crippen LogP) is 4.65. The van der Waals surface area contributed by atoms with Gasteiger partial charge in [-0.2, -0.15) is 0 Å². The number of carbonyl (C=O) groups excluding carboxylic acids is 2. The van der Waals surface area contributed by atoms with Gasteiger partial charge in [0, 0.05) is 28.2 Å². The molecular formula is C24H19N3O2. The first-order valence-electron chi connectivity index (χ1n) is 9.51. The average molecular weight is 381 g/mol. The Hall–Kier alpha value is -3.86. The molecule has 3 amide bonds. The summed E-state index contributed by atoms with van der Waals surface area (Å²) in [5.41, 5.74) is 11.1. The van der Waals surface area contributed by atoms with Crippen molar-refractivity contribution in [3.63, 3.8) is 0 Å². The second-order valence-electron chi connectivity index (χ2n) is 7.26. The zero-order valence-corrected chi connectivity index (χ0v) is 15.6. The number of aromatic amines is 1. The molecule has 0 bridgehead atoms. The summed E-state index contributed by atoms with van der Waals surface area (Å²) < 4.78 is 0. The van der Waals surface area contributed by atoms with Crippen LogP contribution in [0.1, 0.15) is 27.5 Å². The fourth-order valence-electron chi connectivity index (χ4n) is 4.22. The van der Waals surface area contributed by atoms with E-state index in [2.05, 4.69) is 4.98 Å². The van der Waals surface area contributed by atoms with E-state index in [1.54, 1.807) is 6.07 Å². The number of imide groups is 1. The molecule has 1 unspecified atom stereocenters. The van der Waals surface area contributed by atoms with E-state index in [0.717, 1.165) is 33.2 Å². The predicted molar refractivity (Wildman–Crippen MR) is 112 cm³/mol. The number of nitrogens with zero attached hydrogens (tertiary/aromatic N) is 1. The molecule has 1 atom stereocenters. The lowest BCUT2D eigenvalue weighted by Gasteiger charge is -2.34. The van der Waals surface area contributed by atoms with Crippen LogP contribution in [0.15, 0.2) is 79.0 Å². The van der Waals surface area contributed by atoms with E-state index in [1.165, 1.54) is 4.90 Å². The first-order chi connectivity index (χ1) is 14.1. The van der Waals surface area contributed by atoms with Gasteiger partial charge in [0.2, 0.25) is 0 Å². The SMILES string of the molecule is NC(=O)N1C(=O)c2ccc(-c3ccccc3)cc2CC1c1c[nH]c2ccccc12. The van der Waals surface area contributed by atoms with E-state index < -0.39 is 12.1 Å². The van der Waals surface area contributed by atoms with Crippen LogP contribution < -0.4 is 5.73 Å². The summed E-state index contributed by atoms with van der Waals surface area (Å²) in [6.45, 7) is 0. The van der Waals surface area contributed by atoms with Gasteiger partial charge in [0.1, 0.15) is 0 Å². The highest BCUT2D eigenvalue weighted by Crippen LogP contribution is 2.37. The highest BCUT2D eigenvalue weighted by atomic mass is 16.2. The molecule has 0 fully saturated rings. The quantitative estimate of drug-likeness (QED) is 0.530. The van der Waals surface area contributed by atoms with Crippen molar-refractivity contribution in [3.05, 3.63) is 95.7 Å². The summed E-state index contributed by atoms with van der Waals surface area (Å²) in [4.78, 5) is 29.8. The van der Waals surface area contributed by atoms with Gasteiger partial charge >= 0.3 is 6.03 Å². The molecule has 0 aliphatic carbocycles. The molecule has 0 radical (unpaired) electrons. The number of urea groups is 1. The van der Waals surface area contributed by atoms with E-state index in [1.807, 2.05) is 72.9 Å². The van der Waals surface area contributed by atoms with E-state index in [0.29, 0.717) is 12.0 Å². The fourth-order valence-corrected chi connectivity index (χ4v) is 4.22. The number of benzene rings is 3. The summed E-state index contributed by atoms with van der Waals surface area (Å²) in [6.07, 6.45) is 2.39. The third-order valence-electron chi connectivity index (χ3n) is 5.60. The maximum atomic E-state index is 13.2. The average Bonchev–Trinajstić information content (AvgIpc) is 3.17. The lowest BCUT2D eigenvalue weighted by Crippen LogP contribution is -2.47. The number of amides is 3. The highest BCUT2D eigenvalue weighted by Gasteiger charge is 2.37. The van der Waals surface area contributed by atoms with E-state index >= 15 is 0 Å². The molecule has 1 aliphatic heterocycles. The van der Waals surface area contributed by atoms with Crippen LogP contribution in [0.4, 0.5) is 4.79 Å². The van der Waals surface area contributed by atoms with Gasteiger partial charge in [0.15, 0.2) is 0 Å². The molecule has 5 rings (SSSR count). The molecule has 5 nitrogen and oxygen atoms in total. The minimum atomic E-state index is -0.733. The largest absolute Gasteiger partial charge is 0.361 e. The lowest BCUT2D eigenvalue weighted by atomic mass is 9.87. The van der Waals surface area contributed by atoms with Crippen molar-refractivity contribution >= 4 is 22.8 Å². The number of H-pyrrole nitrogens is 1. The van der Waals surface area contributed by atoms with Crippen molar-refractivity contribution in [2.45, 2.75) is 12.5 Å². The molecule has 4 aromatic rings. The van der Waals surface area contributed by atoms with Crippen molar-refractivity contribution < 1.29 is 9.59 Å². The number of rotatable bonds is 2. The summed E-state index contributed by atoms with van der Waals surface area (Å²) in [5.74, 6) is -0.353. The van der Waals surface area contributed by atoms with Crippen LogP contribution in [0, 0.1) is 0 Å². The normalized spacial score (nSPS) is 16.1. The van der Waals surface area contributed by atoms with Crippen LogP contribution in [-0.2, 0) is 6.42 Å². The summed E-state index contributed by atoms with van der Waals surface area (Å²) in [5, 5.41) is 0.985. The molecular weight excluding hydrogens is 362 g/mol. The van der Waals surface area contributed by atoms with Crippen LogP contribution in [0.3, 0.4) is 0 Å². The second-order valence-corrected chi connectivity index (χ2v) is 7.26. The van der Waals surface area contributed by atoms with Gasteiger partial charge in [-0.25, -0.2) is 4.79 Å². The van der Waals surface area contributed by atoms with Gasteiger partial charge in [-0.05, 0) is 35.2 Å². The van der Waals surface area contributed by atoms with Gasteiger partial charge in [-0.3, -0.25) is 9.69 Å². The molecule has 2 heterocycles. The number of nitrogens with two attached hydrogens (primary N) is 1. The number of primary amides is 1. The third-order valence-corrected chi connectivity index (χ3v) is 5.60. The monoisotopic (exact) mass is 381 g/mol. The Morgan fingerprint density at radius 1 is 0.966 bits per heavy atom. The summed E-state index contributed by atoms with van der Waals surface area (Å²) in [7, 11) is 0. The lowest BCUT2D eigenvalue weighted by molar-refractivity contribution is 0.0727. The van der Waals surface area contributed by atoms with Crippen LogP contribution in [0.25, 0.3) is 22.0 Å². The fraction of sp³-hybridized carbons (Fsp3) is 0.0833. The van der Waals surface area contributed by atoms with Gasteiger partial charge in [0.25, 0.3) is 5.91 Å². The molecule has 3 aromatic carbocycles. The smallest absolute Gasteiger partial charge is 0.322 e. The molecule has 0 saturated heterocycles. The third kappa shape index (κ3) is 2.79. The topological polar surface area (TPSA) is 79.2 Å². The zero-order valence-electron chi connectivity index (χ0n) is 15.6. The van der Waals surface area contributed by atoms with Gasteiger partial charge < -0.3 is 10.7 Å². The minimum Gasteiger partial charge on any atom is -0.361 e. The van der Waals surface area contributed by atoms with E-state index in [9.17, 15) is 9.59 Å². The molecule has 29 heavy (non-hydrogen) atoms. The number of aromatic nitrogens is 1. The maximum Gasteiger partial charge on any atom is 0.322 e. The molecule has 1 aliphatic rings. The van der Waals surface area contributed by atoms with Gasteiger partial charge in [-0.1, -0.05) is 60.7 Å². The van der Waals surface area contributed by atoms with E-state index in [-0.39, 0.29) is 5.91 Å². The Kier molecular flexibility index (Phi) is 3.95. The standard InChI is InChI=1S/C24H19N3O2/c25-24(29)27-22(20-14-26-21-9-5-4-8-19(20)21)13-17-12-16(10-11-18(17)23(27)28)15-6-2-1-3-7-15/h1-12,14,22,26H,13H2,(H2,25,29). The number of para-hydroxylation sites is 1. The Balaban J connectivity index is 1.64. The number of fused-ring (bicyclic) bond motifs is 2. The van der Waals surface area contributed by atoms with Crippen molar-refractivity contribution in [2.24, 2.45) is 5.73 Å². The maximum absolute atomic E-state index is 13.2. The van der Waals surface area contributed by atoms with Crippen LogP contribution in [0.5, 0.6) is 0 Å². The van der Waals surface area contributed by atoms with Crippen LogP contribution >= 0.6 is 0 Å². The number of hydrogen-bond donors (Lipinski definition) is 2. The molecule has 0 saturated carbocycles. The Bertz CT molecular complexity index is 1240. The number of carbonyl (C=O) groups is 2. The zero-order chi connectivity index (χ0) is 20.0. The van der Waals surface area contributed by atoms with Crippen molar-refractivity contribution in [1.29, 1.82) is 0 Å². The first kappa shape index (κ1) is 17.3. The molecule has 142 valence electrons. The van der Waals surface area contributed by atoms with Crippen molar-refractivity contribution in [1.82, 2.24) is 9.88 Å². The van der Waals surface area contributed by atoms with Crippen molar-refractivity contribution in [2.75, 3.05) is 0 Å². The molecule has 5 heteroatoms. The van der Waals surface area contributed by atoms with Crippen molar-refractivity contribution in [3.8, 4) is 11.1 Å². The Morgan fingerprint density at radius 3 is 2.52 bits per heavy atom. The summed E-state index contributed by atoms with van der Waals surface area (Å²) >= 11 is 0. The number of nitrogens with one attached hydrogen (secondary N) is 1. The van der Waals surface area contributed by atoms with E-state index in [4.69, 9.17) is 5.73 Å². The number of hydrogen-bond acceptors (Lipinski definition) is 2. The highest BCUT2D eigenvalue weighted by molar-refractivity contribution is 6.07. The molecule has 0 spiro atoms. The molecule has 3 N–H and O–H groups in total. The summed E-state index contributed by atoms with van der Waals surface area (Å²) in [6, 6.07) is 22.5. The van der Waals surface area contributed by atoms with Crippen LogP contribution in [0.2, 0.25) is 0 Å².